The highest BCUT2D eigenvalue weighted by atomic mass is 35.5. The first-order valence-electron chi connectivity index (χ1n) is 5.88. The predicted octanol–water partition coefficient (Wildman–Crippen LogP) is 3.61. The van der Waals surface area contributed by atoms with E-state index in [0.717, 1.165) is 12.0 Å². The molecule has 0 aliphatic heterocycles. The summed E-state index contributed by atoms with van der Waals surface area (Å²) in [6, 6.07) is 2.81. The Bertz CT molecular complexity index is 449. The average molecular weight is 289 g/mol. The molecular formula is C13H18Cl2N2O. The fourth-order valence-electron chi connectivity index (χ4n) is 1.47. The van der Waals surface area contributed by atoms with Crippen molar-refractivity contribution in [2.45, 2.75) is 33.2 Å². The van der Waals surface area contributed by atoms with E-state index in [2.05, 4.69) is 5.32 Å². The summed E-state index contributed by atoms with van der Waals surface area (Å²) in [5, 5.41) is 3.73. The molecule has 1 amide bonds. The molecule has 0 aliphatic rings. The standard InChI is InChI=1S/C13H18Cl2N2O/c1-4-7(2)12(16)13(18)17-11-6-9(14)8(3)5-10(11)15/h5-7,12H,4,16H2,1-3H3,(H,17,18)/t7?,12-/m0/s1. The molecule has 0 aliphatic carbocycles. The van der Waals surface area contributed by atoms with Crippen LogP contribution in [-0.4, -0.2) is 11.9 Å². The van der Waals surface area contributed by atoms with Gasteiger partial charge in [0.25, 0.3) is 0 Å². The molecule has 1 aromatic rings. The van der Waals surface area contributed by atoms with Gasteiger partial charge in [0.2, 0.25) is 5.91 Å². The number of carbonyl (C=O) groups excluding carboxylic acids is 1. The second-order valence-corrected chi connectivity index (χ2v) is 5.30. The van der Waals surface area contributed by atoms with Gasteiger partial charge in [0, 0.05) is 5.02 Å². The fourth-order valence-corrected chi connectivity index (χ4v) is 1.90. The maximum atomic E-state index is 11.9. The van der Waals surface area contributed by atoms with Crippen molar-refractivity contribution in [3.8, 4) is 0 Å². The zero-order valence-corrected chi connectivity index (χ0v) is 12.3. The number of anilines is 1. The molecule has 100 valence electrons. The Balaban J connectivity index is 2.85. The minimum Gasteiger partial charge on any atom is -0.323 e. The lowest BCUT2D eigenvalue weighted by Crippen LogP contribution is -2.40. The molecular weight excluding hydrogens is 271 g/mol. The van der Waals surface area contributed by atoms with Crippen molar-refractivity contribution in [3.05, 3.63) is 27.7 Å². The smallest absolute Gasteiger partial charge is 0.241 e. The zero-order valence-electron chi connectivity index (χ0n) is 10.8. The van der Waals surface area contributed by atoms with Gasteiger partial charge in [-0.2, -0.15) is 0 Å². The minimum atomic E-state index is -0.550. The highest BCUT2D eigenvalue weighted by molar-refractivity contribution is 6.36. The third kappa shape index (κ3) is 3.61. The van der Waals surface area contributed by atoms with E-state index in [1.807, 2.05) is 20.8 Å². The first-order valence-corrected chi connectivity index (χ1v) is 6.64. The molecule has 1 aromatic carbocycles. The van der Waals surface area contributed by atoms with Crippen LogP contribution in [0.25, 0.3) is 0 Å². The van der Waals surface area contributed by atoms with Crippen molar-refractivity contribution in [2.24, 2.45) is 11.7 Å². The number of nitrogens with two attached hydrogens (primary N) is 1. The van der Waals surface area contributed by atoms with Crippen molar-refractivity contribution < 1.29 is 4.79 Å². The lowest BCUT2D eigenvalue weighted by Gasteiger charge is -2.18. The van der Waals surface area contributed by atoms with E-state index in [1.54, 1.807) is 12.1 Å². The lowest BCUT2D eigenvalue weighted by atomic mass is 9.99. The van der Waals surface area contributed by atoms with Crippen LogP contribution in [0.2, 0.25) is 10.0 Å². The number of rotatable bonds is 4. The molecule has 1 rings (SSSR count). The van der Waals surface area contributed by atoms with Gasteiger partial charge in [0.15, 0.2) is 0 Å². The van der Waals surface area contributed by atoms with Crippen molar-refractivity contribution in [1.82, 2.24) is 0 Å². The summed E-state index contributed by atoms with van der Waals surface area (Å²) in [6.07, 6.45) is 0.844. The predicted molar refractivity (Wildman–Crippen MR) is 77.3 cm³/mol. The Morgan fingerprint density at radius 3 is 2.56 bits per heavy atom. The minimum absolute atomic E-state index is 0.115. The molecule has 0 aromatic heterocycles. The molecule has 0 spiro atoms. The molecule has 0 fully saturated rings. The first-order chi connectivity index (χ1) is 8.36. The lowest BCUT2D eigenvalue weighted by molar-refractivity contribution is -0.118. The molecule has 1 unspecified atom stereocenters. The number of aryl methyl sites for hydroxylation is 1. The molecule has 18 heavy (non-hydrogen) atoms. The fraction of sp³-hybridized carbons (Fsp3) is 0.462. The Kier molecular flexibility index (Phi) is 5.45. The van der Waals surface area contributed by atoms with Crippen LogP contribution in [0, 0.1) is 12.8 Å². The second-order valence-electron chi connectivity index (χ2n) is 4.48. The van der Waals surface area contributed by atoms with Gasteiger partial charge in [0.1, 0.15) is 0 Å². The number of carbonyl (C=O) groups is 1. The maximum Gasteiger partial charge on any atom is 0.241 e. The molecule has 0 bridgehead atoms. The van der Waals surface area contributed by atoms with Crippen LogP contribution in [0.5, 0.6) is 0 Å². The first kappa shape index (κ1) is 15.3. The van der Waals surface area contributed by atoms with E-state index in [4.69, 9.17) is 28.9 Å². The van der Waals surface area contributed by atoms with Crippen molar-refractivity contribution in [2.75, 3.05) is 5.32 Å². The van der Waals surface area contributed by atoms with Gasteiger partial charge in [0.05, 0.1) is 16.8 Å². The SMILES string of the molecule is CCC(C)[C@H](N)C(=O)Nc1cc(Cl)c(C)cc1Cl. The molecule has 5 heteroatoms. The van der Waals surface area contributed by atoms with Gasteiger partial charge in [-0.05, 0) is 30.5 Å². The van der Waals surface area contributed by atoms with Gasteiger partial charge in [-0.25, -0.2) is 0 Å². The quantitative estimate of drug-likeness (QED) is 0.889. The zero-order chi connectivity index (χ0) is 13.9. The third-order valence-electron chi connectivity index (χ3n) is 3.07. The molecule has 3 nitrogen and oxygen atoms in total. The van der Waals surface area contributed by atoms with E-state index >= 15 is 0 Å². The monoisotopic (exact) mass is 288 g/mol. The number of amides is 1. The number of halogens is 2. The normalized spacial score (nSPS) is 14.1. The average Bonchev–Trinajstić information content (AvgIpc) is 2.33. The van der Waals surface area contributed by atoms with Crippen LogP contribution in [0.4, 0.5) is 5.69 Å². The highest BCUT2D eigenvalue weighted by Gasteiger charge is 2.20. The Morgan fingerprint density at radius 2 is 2.00 bits per heavy atom. The number of nitrogens with one attached hydrogen (secondary N) is 1. The summed E-state index contributed by atoms with van der Waals surface area (Å²) in [5.74, 6) is -0.129. The van der Waals surface area contributed by atoms with Gasteiger partial charge < -0.3 is 11.1 Å². The van der Waals surface area contributed by atoms with Crippen LogP contribution in [0.1, 0.15) is 25.8 Å². The Morgan fingerprint density at radius 1 is 1.39 bits per heavy atom. The van der Waals surface area contributed by atoms with Crippen molar-refractivity contribution in [1.29, 1.82) is 0 Å². The van der Waals surface area contributed by atoms with Crippen LogP contribution < -0.4 is 11.1 Å². The molecule has 3 N–H and O–H groups in total. The summed E-state index contributed by atoms with van der Waals surface area (Å²) < 4.78 is 0. The summed E-state index contributed by atoms with van der Waals surface area (Å²) in [7, 11) is 0. The molecule has 0 radical (unpaired) electrons. The molecule has 2 atom stereocenters. The summed E-state index contributed by atoms with van der Waals surface area (Å²) >= 11 is 12.0. The number of hydrogen-bond donors (Lipinski definition) is 2. The maximum absolute atomic E-state index is 11.9. The van der Waals surface area contributed by atoms with Gasteiger partial charge in [-0.1, -0.05) is 43.5 Å². The number of hydrogen-bond acceptors (Lipinski definition) is 2. The summed E-state index contributed by atoms with van der Waals surface area (Å²) in [6.45, 7) is 5.78. The van der Waals surface area contributed by atoms with Gasteiger partial charge in [-0.3, -0.25) is 4.79 Å². The third-order valence-corrected chi connectivity index (χ3v) is 3.79. The summed E-state index contributed by atoms with van der Waals surface area (Å²) in [5.41, 5.74) is 7.21. The molecule has 0 heterocycles. The van der Waals surface area contributed by atoms with E-state index in [9.17, 15) is 4.79 Å². The van der Waals surface area contributed by atoms with E-state index in [-0.39, 0.29) is 11.8 Å². The van der Waals surface area contributed by atoms with E-state index < -0.39 is 6.04 Å². The van der Waals surface area contributed by atoms with Crippen molar-refractivity contribution >= 4 is 34.8 Å². The Hall–Kier alpha value is -0.770. The van der Waals surface area contributed by atoms with Crippen LogP contribution in [0.15, 0.2) is 12.1 Å². The van der Waals surface area contributed by atoms with Gasteiger partial charge >= 0.3 is 0 Å². The highest BCUT2D eigenvalue weighted by Crippen LogP contribution is 2.29. The molecule has 0 saturated heterocycles. The van der Waals surface area contributed by atoms with Crippen LogP contribution in [-0.2, 0) is 4.79 Å². The van der Waals surface area contributed by atoms with Gasteiger partial charge in [-0.15, -0.1) is 0 Å². The van der Waals surface area contributed by atoms with Crippen molar-refractivity contribution in [3.63, 3.8) is 0 Å². The van der Waals surface area contributed by atoms with Crippen LogP contribution in [0.3, 0.4) is 0 Å². The summed E-state index contributed by atoms with van der Waals surface area (Å²) in [4.78, 5) is 11.9. The van der Waals surface area contributed by atoms with E-state index in [0.29, 0.717) is 15.7 Å². The molecule has 0 saturated carbocycles. The Labute approximate surface area is 118 Å². The topological polar surface area (TPSA) is 55.1 Å². The second kappa shape index (κ2) is 6.41. The number of benzene rings is 1. The van der Waals surface area contributed by atoms with E-state index in [1.165, 1.54) is 0 Å². The largest absolute Gasteiger partial charge is 0.323 e. The van der Waals surface area contributed by atoms with Crippen LogP contribution >= 0.6 is 23.2 Å².